The molecule has 1 heterocycles. The Morgan fingerprint density at radius 1 is 1.39 bits per heavy atom. The number of benzene rings is 1. The van der Waals surface area contributed by atoms with E-state index in [-0.39, 0.29) is 18.9 Å². The molecular weight excluding hydrogens is 365 g/mol. The van der Waals surface area contributed by atoms with Crippen molar-refractivity contribution in [1.29, 1.82) is 0 Å². The predicted octanol–water partition coefficient (Wildman–Crippen LogP) is 2.78. The number of hydrogen-bond donors (Lipinski definition) is 0. The fourth-order valence-corrected chi connectivity index (χ4v) is 3.21. The van der Waals surface area contributed by atoms with Gasteiger partial charge in [0.15, 0.2) is 0 Å². The van der Waals surface area contributed by atoms with Gasteiger partial charge >= 0.3 is 0 Å². The van der Waals surface area contributed by atoms with Gasteiger partial charge in [-0.15, -0.1) is 0 Å². The molecule has 0 N–H and O–H groups in total. The summed E-state index contributed by atoms with van der Waals surface area (Å²) in [6.07, 6.45) is -0.0977. The van der Waals surface area contributed by atoms with E-state index in [2.05, 4.69) is 15.9 Å². The van der Waals surface area contributed by atoms with Crippen molar-refractivity contribution in [2.75, 3.05) is 11.4 Å². The van der Waals surface area contributed by atoms with E-state index in [0.717, 1.165) is 0 Å². The van der Waals surface area contributed by atoms with Crippen LogP contribution in [0, 0.1) is 0 Å². The van der Waals surface area contributed by atoms with Gasteiger partial charge in [-0.3, -0.25) is 4.79 Å². The van der Waals surface area contributed by atoms with E-state index in [1.165, 1.54) is 4.90 Å². The van der Waals surface area contributed by atoms with Crippen LogP contribution in [-0.2, 0) is 13.8 Å². The molecule has 1 amide bonds. The number of anilines is 1. The molecule has 1 aliphatic rings. The Kier molecular flexibility index (Phi) is 3.92. The van der Waals surface area contributed by atoms with Gasteiger partial charge in [0.1, 0.15) is 5.25 Å². The van der Waals surface area contributed by atoms with Crippen molar-refractivity contribution in [3.05, 3.63) is 27.7 Å². The minimum Gasteiger partial charge on any atom is -0.311 e. The van der Waals surface area contributed by atoms with Crippen LogP contribution in [0.15, 0.2) is 22.7 Å². The van der Waals surface area contributed by atoms with E-state index < -0.39 is 14.3 Å². The lowest BCUT2D eigenvalue weighted by Crippen LogP contribution is -2.26. The monoisotopic (exact) mass is 371 g/mol. The van der Waals surface area contributed by atoms with Gasteiger partial charge in [-0.2, -0.15) is 0 Å². The third-order valence-corrected chi connectivity index (χ3v) is 5.80. The van der Waals surface area contributed by atoms with Gasteiger partial charge in [0.05, 0.1) is 5.02 Å². The summed E-state index contributed by atoms with van der Waals surface area (Å²) < 4.78 is 23.2. The van der Waals surface area contributed by atoms with Gasteiger partial charge in [-0.05, 0) is 34.1 Å². The Balaban J connectivity index is 2.30. The summed E-state index contributed by atoms with van der Waals surface area (Å²) in [6, 6.07) is 5.00. The molecule has 0 radical (unpaired) electrons. The van der Waals surface area contributed by atoms with E-state index in [0.29, 0.717) is 15.2 Å². The lowest BCUT2D eigenvalue weighted by molar-refractivity contribution is -0.117. The topological polar surface area (TPSA) is 54.5 Å². The van der Waals surface area contributed by atoms with Crippen LogP contribution in [0.1, 0.15) is 6.42 Å². The van der Waals surface area contributed by atoms with Gasteiger partial charge < -0.3 is 4.90 Å². The van der Waals surface area contributed by atoms with Crippen molar-refractivity contribution < 1.29 is 13.2 Å². The molecule has 8 heteroatoms. The number of amides is 1. The quantitative estimate of drug-likeness (QED) is 0.750. The first kappa shape index (κ1) is 14.1. The molecule has 0 saturated carbocycles. The molecule has 1 unspecified atom stereocenters. The molecule has 1 aliphatic heterocycles. The Hall–Kier alpha value is -0.300. The minimum atomic E-state index is -3.73. The number of halogens is 3. The second-order valence-corrected chi connectivity index (χ2v) is 8.07. The zero-order valence-electron chi connectivity index (χ0n) is 8.94. The molecular formula is C10H8BrCl2NO3S. The molecule has 0 bridgehead atoms. The number of rotatable bonds is 2. The van der Waals surface area contributed by atoms with Crippen molar-refractivity contribution in [1.82, 2.24) is 0 Å². The van der Waals surface area contributed by atoms with E-state index in [1.807, 2.05) is 0 Å². The van der Waals surface area contributed by atoms with E-state index >= 15 is 0 Å². The molecule has 0 aliphatic carbocycles. The van der Waals surface area contributed by atoms with Crippen LogP contribution in [0.5, 0.6) is 0 Å². The van der Waals surface area contributed by atoms with Crippen LogP contribution < -0.4 is 4.90 Å². The van der Waals surface area contributed by atoms with Gasteiger partial charge in [-0.25, -0.2) is 8.42 Å². The zero-order chi connectivity index (χ0) is 13.5. The SMILES string of the molecule is O=C1CC(S(=O)(=O)Cl)CN1c1ccc(Br)c(Cl)c1. The van der Waals surface area contributed by atoms with Crippen LogP contribution in [-0.4, -0.2) is 26.1 Å². The van der Waals surface area contributed by atoms with Crippen molar-refractivity contribution in [3.8, 4) is 0 Å². The zero-order valence-corrected chi connectivity index (χ0v) is 12.9. The number of carbonyl (C=O) groups is 1. The van der Waals surface area contributed by atoms with Crippen molar-refractivity contribution in [3.63, 3.8) is 0 Å². The largest absolute Gasteiger partial charge is 0.311 e. The molecule has 2 rings (SSSR count). The van der Waals surface area contributed by atoms with Gasteiger partial charge in [0.25, 0.3) is 0 Å². The lowest BCUT2D eigenvalue weighted by atomic mass is 10.3. The molecule has 98 valence electrons. The first-order valence-electron chi connectivity index (χ1n) is 4.98. The molecule has 1 aromatic carbocycles. The standard InChI is InChI=1S/C10H8BrCl2NO3S/c11-8-2-1-6(3-9(8)12)14-5-7(4-10(14)15)18(13,16)17/h1-3,7H,4-5H2. The fraction of sp³-hybridized carbons (Fsp3) is 0.300. The second kappa shape index (κ2) is 5.00. The maximum Gasteiger partial charge on any atom is 0.237 e. The summed E-state index contributed by atoms with van der Waals surface area (Å²) in [6.45, 7) is 0.0582. The third-order valence-electron chi connectivity index (χ3n) is 2.70. The number of carbonyl (C=O) groups excluding carboxylic acids is 1. The molecule has 1 fully saturated rings. The normalized spacial score (nSPS) is 20.5. The van der Waals surface area contributed by atoms with Crippen LogP contribution in [0.25, 0.3) is 0 Å². The summed E-state index contributed by atoms with van der Waals surface area (Å²) in [4.78, 5) is 13.2. The van der Waals surface area contributed by atoms with Gasteiger partial charge in [-0.1, -0.05) is 11.6 Å². The first-order valence-corrected chi connectivity index (χ1v) is 8.52. The van der Waals surface area contributed by atoms with Crippen molar-refractivity contribution in [2.45, 2.75) is 11.7 Å². The number of hydrogen-bond acceptors (Lipinski definition) is 3. The molecule has 18 heavy (non-hydrogen) atoms. The smallest absolute Gasteiger partial charge is 0.237 e. The predicted molar refractivity (Wildman–Crippen MR) is 74.7 cm³/mol. The Bertz CT molecular complexity index is 605. The first-order chi connectivity index (χ1) is 8.29. The summed E-state index contributed by atoms with van der Waals surface area (Å²) in [5.74, 6) is -0.275. The molecule has 1 aromatic rings. The lowest BCUT2D eigenvalue weighted by Gasteiger charge is -2.16. The summed E-state index contributed by atoms with van der Waals surface area (Å²) in [5.41, 5.74) is 0.566. The minimum absolute atomic E-state index is 0.0582. The fourth-order valence-electron chi connectivity index (χ4n) is 1.77. The van der Waals surface area contributed by atoms with Gasteiger partial charge in [0.2, 0.25) is 15.0 Å². The van der Waals surface area contributed by atoms with E-state index in [9.17, 15) is 13.2 Å². The average Bonchev–Trinajstić information content (AvgIpc) is 2.64. The maximum absolute atomic E-state index is 11.8. The Morgan fingerprint density at radius 3 is 2.56 bits per heavy atom. The van der Waals surface area contributed by atoms with Crippen molar-refractivity contribution in [2.24, 2.45) is 0 Å². The highest BCUT2D eigenvalue weighted by Crippen LogP contribution is 2.31. The Morgan fingerprint density at radius 2 is 2.06 bits per heavy atom. The molecule has 0 aromatic heterocycles. The maximum atomic E-state index is 11.8. The van der Waals surface area contributed by atoms with Gasteiger partial charge in [0, 0.05) is 33.8 Å². The third kappa shape index (κ3) is 2.82. The highest BCUT2D eigenvalue weighted by Gasteiger charge is 2.38. The van der Waals surface area contributed by atoms with Crippen molar-refractivity contribution >= 4 is 58.9 Å². The molecule has 0 spiro atoms. The summed E-state index contributed by atoms with van der Waals surface area (Å²) in [5, 5.41) is -0.411. The van der Waals surface area contributed by atoms with E-state index in [4.69, 9.17) is 22.3 Å². The molecule has 1 atom stereocenters. The highest BCUT2D eigenvalue weighted by molar-refractivity contribution is 9.10. The average molecular weight is 373 g/mol. The summed E-state index contributed by atoms with van der Waals surface area (Å²) >= 11 is 9.18. The van der Waals surface area contributed by atoms with Crippen LogP contribution in [0.4, 0.5) is 5.69 Å². The molecule has 4 nitrogen and oxygen atoms in total. The highest BCUT2D eigenvalue weighted by atomic mass is 79.9. The number of nitrogens with zero attached hydrogens (tertiary/aromatic N) is 1. The second-order valence-electron chi connectivity index (χ2n) is 3.90. The Labute approximate surface area is 122 Å². The van der Waals surface area contributed by atoms with Crippen LogP contribution >= 0.6 is 38.2 Å². The van der Waals surface area contributed by atoms with E-state index in [1.54, 1.807) is 18.2 Å². The summed E-state index contributed by atoms with van der Waals surface area (Å²) in [7, 11) is 1.55. The molecule has 1 saturated heterocycles. The van der Waals surface area contributed by atoms with Crippen LogP contribution in [0.3, 0.4) is 0 Å². The van der Waals surface area contributed by atoms with Crippen LogP contribution in [0.2, 0.25) is 5.02 Å².